The summed E-state index contributed by atoms with van der Waals surface area (Å²) in [6, 6.07) is 8.33. The molecular weight excluding hydrogens is 282 g/mol. The number of hydrogen-bond acceptors (Lipinski definition) is 4. The van der Waals surface area contributed by atoms with Crippen molar-refractivity contribution in [2.75, 3.05) is 13.1 Å². The van der Waals surface area contributed by atoms with Gasteiger partial charge in [-0.15, -0.1) is 11.3 Å². The van der Waals surface area contributed by atoms with Crippen molar-refractivity contribution in [1.82, 2.24) is 15.6 Å². The van der Waals surface area contributed by atoms with Crippen LogP contribution in [0, 0.1) is 6.92 Å². The first-order valence-corrected chi connectivity index (χ1v) is 8.15. The largest absolute Gasteiger partial charge is 0.347 e. The van der Waals surface area contributed by atoms with E-state index in [4.69, 9.17) is 0 Å². The Morgan fingerprint density at radius 3 is 3.05 bits per heavy atom. The fourth-order valence-corrected chi connectivity index (χ4v) is 3.44. The fraction of sp³-hybridized carbons (Fsp3) is 0.375. The summed E-state index contributed by atoms with van der Waals surface area (Å²) in [4.78, 5) is 16.7. The third-order valence-electron chi connectivity index (χ3n) is 3.74. The summed E-state index contributed by atoms with van der Waals surface area (Å²) in [6.45, 7) is 3.95. The van der Waals surface area contributed by atoms with E-state index in [1.54, 1.807) is 0 Å². The Bertz CT molecular complexity index is 632. The highest BCUT2D eigenvalue weighted by atomic mass is 32.1. The van der Waals surface area contributed by atoms with E-state index in [1.807, 2.05) is 23.6 Å². The van der Waals surface area contributed by atoms with Gasteiger partial charge in [0.05, 0.1) is 0 Å². The van der Waals surface area contributed by atoms with Gasteiger partial charge in [0.15, 0.2) is 0 Å². The summed E-state index contributed by atoms with van der Waals surface area (Å²) in [5.41, 5.74) is 2.79. The predicted octanol–water partition coefficient (Wildman–Crippen LogP) is 2.60. The minimum Gasteiger partial charge on any atom is -0.347 e. The first kappa shape index (κ1) is 14.2. The van der Waals surface area contributed by atoms with Crippen molar-refractivity contribution in [1.29, 1.82) is 0 Å². The molecule has 21 heavy (non-hydrogen) atoms. The normalized spacial score (nSPS) is 18.4. The highest BCUT2D eigenvalue weighted by Gasteiger charge is 2.18. The number of thiazole rings is 1. The fourth-order valence-electron chi connectivity index (χ4n) is 2.55. The van der Waals surface area contributed by atoms with Gasteiger partial charge in [0.2, 0.25) is 0 Å². The molecule has 110 valence electrons. The van der Waals surface area contributed by atoms with Crippen LogP contribution < -0.4 is 10.6 Å². The lowest BCUT2D eigenvalue weighted by molar-refractivity contribution is 0.0926. The van der Waals surface area contributed by atoms with Crippen LogP contribution in [-0.2, 0) is 0 Å². The molecule has 5 heteroatoms. The summed E-state index contributed by atoms with van der Waals surface area (Å²) >= 11 is 1.52. The lowest BCUT2D eigenvalue weighted by Crippen LogP contribution is -2.45. The van der Waals surface area contributed by atoms with Crippen LogP contribution in [0.3, 0.4) is 0 Å². The average Bonchev–Trinajstić information content (AvgIpc) is 2.98. The third-order valence-corrected chi connectivity index (χ3v) is 4.62. The topological polar surface area (TPSA) is 54.0 Å². The molecule has 0 saturated carbocycles. The molecule has 2 N–H and O–H groups in total. The molecule has 0 spiro atoms. The molecule has 2 aromatic rings. The van der Waals surface area contributed by atoms with Gasteiger partial charge in [-0.3, -0.25) is 4.79 Å². The Labute approximate surface area is 128 Å². The van der Waals surface area contributed by atoms with E-state index < -0.39 is 0 Å². The van der Waals surface area contributed by atoms with Crippen molar-refractivity contribution in [3.05, 3.63) is 40.9 Å². The maximum atomic E-state index is 12.2. The molecule has 0 radical (unpaired) electrons. The van der Waals surface area contributed by atoms with Crippen molar-refractivity contribution < 1.29 is 4.79 Å². The molecule has 0 bridgehead atoms. The van der Waals surface area contributed by atoms with Gasteiger partial charge in [0.25, 0.3) is 5.91 Å². The number of carbonyl (C=O) groups is 1. The molecule has 1 amide bonds. The molecular formula is C16H19N3OS. The quantitative estimate of drug-likeness (QED) is 0.916. The van der Waals surface area contributed by atoms with Gasteiger partial charge in [0, 0.05) is 23.5 Å². The Morgan fingerprint density at radius 1 is 1.43 bits per heavy atom. The molecule has 1 saturated heterocycles. The maximum absolute atomic E-state index is 12.2. The molecule has 1 fully saturated rings. The maximum Gasteiger partial charge on any atom is 0.271 e. The molecule has 2 heterocycles. The zero-order valence-electron chi connectivity index (χ0n) is 12.1. The molecule has 1 atom stereocenters. The minimum atomic E-state index is -0.0696. The van der Waals surface area contributed by atoms with Gasteiger partial charge in [-0.05, 0) is 31.9 Å². The van der Waals surface area contributed by atoms with Crippen molar-refractivity contribution >= 4 is 17.2 Å². The minimum absolute atomic E-state index is 0.0696. The SMILES string of the molecule is Cc1ccccc1-c1nc(C(=O)N[C@H]2CCCNC2)cs1. The third kappa shape index (κ3) is 3.31. The summed E-state index contributed by atoms with van der Waals surface area (Å²) in [7, 11) is 0. The van der Waals surface area contributed by atoms with E-state index in [1.165, 1.54) is 16.9 Å². The lowest BCUT2D eigenvalue weighted by Gasteiger charge is -2.23. The highest BCUT2D eigenvalue weighted by molar-refractivity contribution is 7.13. The first-order chi connectivity index (χ1) is 10.2. The van der Waals surface area contributed by atoms with E-state index in [2.05, 4.69) is 28.6 Å². The summed E-state index contributed by atoms with van der Waals surface area (Å²) < 4.78 is 0. The number of nitrogens with zero attached hydrogens (tertiary/aromatic N) is 1. The number of amides is 1. The van der Waals surface area contributed by atoms with Crippen LogP contribution in [0.25, 0.3) is 10.6 Å². The standard InChI is InChI=1S/C16H19N3OS/c1-11-5-2-3-7-13(11)16-19-14(10-21-16)15(20)18-12-6-4-8-17-9-12/h2-3,5,7,10,12,17H,4,6,8-9H2,1H3,(H,18,20)/t12-/m0/s1. The van der Waals surface area contributed by atoms with E-state index in [0.29, 0.717) is 5.69 Å². The van der Waals surface area contributed by atoms with Crippen LogP contribution in [-0.4, -0.2) is 30.0 Å². The number of benzene rings is 1. The molecule has 0 aliphatic carbocycles. The lowest BCUT2D eigenvalue weighted by atomic mass is 10.1. The average molecular weight is 301 g/mol. The van der Waals surface area contributed by atoms with Gasteiger partial charge < -0.3 is 10.6 Å². The van der Waals surface area contributed by atoms with Crippen LogP contribution in [0.1, 0.15) is 28.9 Å². The Kier molecular flexibility index (Phi) is 4.31. The zero-order chi connectivity index (χ0) is 14.7. The number of nitrogens with one attached hydrogen (secondary N) is 2. The molecule has 0 unspecified atom stereocenters. The van der Waals surface area contributed by atoms with Gasteiger partial charge in [0.1, 0.15) is 10.7 Å². The Balaban J connectivity index is 1.72. The monoisotopic (exact) mass is 301 g/mol. The number of carbonyl (C=O) groups excluding carboxylic acids is 1. The van der Waals surface area contributed by atoms with Crippen LogP contribution in [0.4, 0.5) is 0 Å². The summed E-state index contributed by atoms with van der Waals surface area (Å²) in [5, 5.41) is 9.10. The Morgan fingerprint density at radius 2 is 2.29 bits per heavy atom. The van der Waals surface area contributed by atoms with Gasteiger partial charge in [-0.25, -0.2) is 4.98 Å². The van der Waals surface area contributed by atoms with Crippen LogP contribution >= 0.6 is 11.3 Å². The smallest absolute Gasteiger partial charge is 0.271 e. The Hall–Kier alpha value is -1.72. The van der Waals surface area contributed by atoms with E-state index in [0.717, 1.165) is 36.5 Å². The molecule has 4 nitrogen and oxygen atoms in total. The van der Waals surface area contributed by atoms with E-state index in [-0.39, 0.29) is 11.9 Å². The van der Waals surface area contributed by atoms with Crippen molar-refractivity contribution in [2.45, 2.75) is 25.8 Å². The van der Waals surface area contributed by atoms with E-state index >= 15 is 0 Å². The molecule has 1 aliphatic rings. The molecule has 1 aliphatic heterocycles. The molecule has 3 rings (SSSR count). The van der Waals surface area contributed by atoms with Crippen molar-refractivity contribution in [3.63, 3.8) is 0 Å². The van der Waals surface area contributed by atoms with Crippen LogP contribution in [0.5, 0.6) is 0 Å². The van der Waals surface area contributed by atoms with Gasteiger partial charge in [-0.1, -0.05) is 24.3 Å². The van der Waals surface area contributed by atoms with Crippen LogP contribution in [0.2, 0.25) is 0 Å². The van der Waals surface area contributed by atoms with Gasteiger partial charge >= 0.3 is 0 Å². The van der Waals surface area contributed by atoms with Gasteiger partial charge in [-0.2, -0.15) is 0 Å². The first-order valence-electron chi connectivity index (χ1n) is 7.27. The number of aryl methyl sites for hydroxylation is 1. The number of aromatic nitrogens is 1. The second-order valence-corrected chi connectivity index (χ2v) is 6.23. The summed E-state index contributed by atoms with van der Waals surface area (Å²) in [5.74, 6) is -0.0696. The highest BCUT2D eigenvalue weighted by Crippen LogP contribution is 2.26. The van der Waals surface area contributed by atoms with E-state index in [9.17, 15) is 4.79 Å². The summed E-state index contributed by atoms with van der Waals surface area (Å²) in [6.07, 6.45) is 2.14. The van der Waals surface area contributed by atoms with Crippen molar-refractivity contribution in [2.24, 2.45) is 0 Å². The number of hydrogen-bond donors (Lipinski definition) is 2. The second kappa shape index (κ2) is 6.37. The number of piperidine rings is 1. The second-order valence-electron chi connectivity index (χ2n) is 5.37. The van der Waals surface area contributed by atoms with Crippen LogP contribution in [0.15, 0.2) is 29.6 Å². The van der Waals surface area contributed by atoms with Crippen molar-refractivity contribution in [3.8, 4) is 10.6 Å². The zero-order valence-corrected chi connectivity index (χ0v) is 12.9. The predicted molar refractivity (Wildman–Crippen MR) is 85.6 cm³/mol. The molecule has 1 aromatic heterocycles. The molecule has 1 aromatic carbocycles. The number of rotatable bonds is 3.